The Bertz CT molecular complexity index is 271. The first-order valence-electron chi connectivity index (χ1n) is 3.99. The van der Waals surface area contributed by atoms with E-state index in [1.807, 2.05) is 29.1 Å². The first-order valence-corrected chi connectivity index (χ1v) is 3.99. The molecule has 0 bridgehead atoms. The van der Waals surface area contributed by atoms with E-state index >= 15 is 0 Å². The number of carbonyl (C=O) groups is 1. The van der Waals surface area contributed by atoms with Crippen molar-refractivity contribution in [3.8, 4) is 0 Å². The van der Waals surface area contributed by atoms with Crippen molar-refractivity contribution in [2.75, 3.05) is 0 Å². The lowest BCUT2D eigenvalue weighted by Crippen LogP contribution is -1.86. The molecular weight excluding hydrogens is 162 g/mol. The average molecular weight is 177 g/mol. The average Bonchev–Trinajstić information content (AvgIpc) is 2.56. The molecule has 1 heterocycles. The van der Waals surface area contributed by atoms with Gasteiger partial charge in [0.25, 0.3) is 0 Å². The third-order valence-corrected chi connectivity index (χ3v) is 1.44. The number of hydrogen-bond donors (Lipinski definition) is 0. The van der Waals surface area contributed by atoms with Crippen LogP contribution in [0, 0.1) is 0 Å². The second-order valence-electron chi connectivity index (χ2n) is 2.65. The Morgan fingerprint density at radius 3 is 1.85 bits per heavy atom. The summed E-state index contributed by atoms with van der Waals surface area (Å²) in [6.07, 6.45) is 5.62. The van der Waals surface area contributed by atoms with Gasteiger partial charge in [-0.2, -0.15) is 0 Å². The van der Waals surface area contributed by atoms with Crippen LogP contribution < -0.4 is 0 Å². The molecule has 0 unspecified atom stereocenters. The summed E-state index contributed by atoms with van der Waals surface area (Å²) >= 11 is 0. The van der Waals surface area contributed by atoms with Crippen LogP contribution in [0.3, 0.4) is 0 Å². The van der Waals surface area contributed by atoms with Gasteiger partial charge in [-0.25, -0.2) is 0 Å². The zero-order valence-corrected chi connectivity index (χ0v) is 8.16. The van der Waals surface area contributed by atoms with Gasteiger partial charge in [-0.05, 0) is 31.6 Å². The van der Waals surface area contributed by atoms with E-state index in [9.17, 15) is 4.79 Å². The number of hydrogen-bond acceptors (Lipinski definition) is 1. The fourth-order valence-electron chi connectivity index (χ4n) is 0.470. The molecule has 0 aliphatic carbocycles. The number of allylic oxidation sites excluding steroid dienone is 1. The van der Waals surface area contributed by atoms with Crippen LogP contribution in [0.4, 0.5) is 0 Å². The van der Waals surface area contributed by atoms with Crippen molar-refractivity contribution in [3.63, 3.8) is 0 Å². The Balaban J connectivity index is 0.000000226. The fraction of sp³-hybridized carbons (Fsp3) is 0.182. The number of aromatic nitrogens is 1. The van der Waals surface area contributed by atoms with Crippen LogP contribution in [0.25, 0.3) is 6.20 Å². The van der Waals surface area contributed by atoms with Crippen LogP contribution >= 0.6 is 0 Å². The van der Waals surface area contributed by atoms with Gasteiger partial charge in [0.2, 0.25) is 0 Å². The summed E-state index contributed by atoms with van der Waals surface area (Å²) in [7, 11) is 0. The zero-order chi connectivity index (χ0) is 10.3. The quantitative estimate of drug-likeness (QED) is 0.637. The summed E-state index contributed by atoms with van der Waals surface area (Å²) in [6.45, 7) is 10.2. The van der Waals surface area contributed by atoms with Crippen LogP contribution in [0.5, 0.6) is 0 Å². The van der Waals surface area contributed by atoms with E-state index in [1.165, 1.54) is 6.92 Å². The minimum atomic E-state index is 0.0648. The number of ketones is 1. The highest BCUT2D eigenvalue weighted by atomic mass is 16.1. The summed E-state index contributed by atoms with van der Waals surface area (Å²) in [5.74, 6) is 0.0648. The summed E-state index contributed by atoms with van der Waals surface area (Å²) in [4.78, 5) is 10.0. The number of Topliss-reactive ketones (excluding diaryl/α,β-unsaturated/α-hetero) is 1. The van der Waals surface area contributed by atoms with Crippen molar-refractivity contribution in [2.45, 2.75) is 13.8 Å². The third kappa shape index (κ3) is 5.67. The number of rotatable bonds is 2. The van der Waals surface area contributed by atoms with E-state index < -0.39 is 0 Å². The number of carbonyl (C=O) groups excluding carboxylic acids is 1. The number of nitrogens with zero attached hydrogens (tertiary/aromatic N) is 1. The highest BCUT2D eigenvalue weighted by Crippen LogP contribution is 1.86. The van der Waals surface area contributed by atoms with E-state index in [-0.39, 0.29) is 5.78 Å². The molecular formula is C11H15NO. The molecule has 0 amide bonds. The lowest BCUT2D eigenvalue weighted by atomic mass is 10.3. The van der Waals surface area contributed by atoms with E-state index in [4.69, 9.17) is 0 Å². The standard InChI is InChI=1S/C6H7N.C5H8O/c1-2-7-5-3-4-6-7;1-4(2)5(3)6/h2-6H,1H2;1H2,2-3H3. The third-order valence-electron chi connectivity index (χ3n) is 1.44. The molecule has 2 heteroatoms. The van der Waals surface area contributed by atoms with Crippen LogP contribution in [0.15, 0.2) is 43.3 Å². The lowest BCUT2D eigenvalue weighted by molar-refractivity contribution is -0.113. The monoisotopic (exact) mass is 177 g/mol. The molecule has 2 nitrogen and oxygen atoms in total. The van der Waals surface area contributed by atoms with Crippen molar-refractivity contribution >= 4 is 12.0 Å². The van der Waals surface area contributed by atoms with Crippen LogP contribution in [-0.4, -0.2) is 10.4 Å². The molecule has 0 saturated heterocycles. The summed E-state index contributed by atoms with van der Waals surface area (Å²) in [5, 5.41) is 0. The van der Waals surface area contributed by atoms with Gasteiger partial charge in [-0.1, -0.05) is 13.2 Å². The molecule has 1 rings (SSSR count). The van der Waals surface area contributed by atoms with Gasteiger partial charge in [0.05, 0.1) is 0 Å². The predicted octanol–water partition coefficient (Wildman–Crippen LogP) is 2.74. The van der Waals surface area contributed by atoms with Gasteiger partial charge in [0, 0.05) is 18.6 Å². The zero-order valence-electron chi connectivity index (χ0n) is 8.16. The summed E-state index contributed by atoms with van der Waals surface area (Å²) < 4.78 is 1.89. The molecule has 0 atom stereocenters. The second-order valence-corrected chi connectivity index (χ2v) is 2.65. The van der Waals surface area contributed by atoms with Gasteiger partial charge in [0.1, 0.15) is 0 Å². The Morgan fingerprint density at radius 2 is 1.69 bits per heavy atom. The molecule has 0 aliphatic rings. The van der Waals surface area contributed by atoms with Gasteiger partial charge in [-0.3, -0.25) is 4.79 Å². The second kappa shape index (κ2) is 6.00. The minimum Gasteiger partial charge on any atom is -0.331 e. The van der Waals surface area contributed by atoms with Crippen LogP contribution in [0.2, 0.25) is 0 Å². The maximum absolute atomic E-state index is 10.0. The van der Waals surface area contributed by atoms with E-state index in [0.29, 0.717) is 5.57 Å². The molecule has 0 radical (unpaired) electrons. The Kier molecular flexibility index (Phi) is 5.28. The smallest absolute Gasteiger partial charge is 0.154 e. The highest BCUT2D eigenvalue weighted by molar-refractivity contribution is 5.91. The van der Waals surface area contributed by atoms with Crippen molar-refractivity contribution in [2.24, 2.45) is 0 Å². The van der Waals surface area contributed by atoms with Gasteiger partial charge in [-0.15, -0.1) is 0 Å². The van der Waals surface area contributed by atoms with Crippen molar-refractivity contribution < 1.29 is 4.79 Å². The molecule has 0 saturated carbocycles. The SMILES string of the molecule is C=C(C)C(C)=O.C=Cn1cccc1. The molecule has 0 spiro atoms. The van der Waals surface area contributed by atoms with Crippen molar-refractivity contribution in [1.82, 2.24) is 4.57 Å². The van der Waals surface area contributed by atoms with Gasteiger partial charge < -0.3 is 4.57 Å². The Labute approximate surface area is 79.2 Å². The highest BCUT2D eigenvalue weighted by Gasteiger charge is 1.85. The summed E-state index contributed by atoms with van der Waals surface area (Å²) in [6, 6.07) is 3.92. The Hall–Kier alpha value is -1.57. The predicted molar refractivity (Wildman–Crippen MR) is 56.3 cm³/mol. The first-order chi connectivity index (χ1) is 6.07. The van der Waals surface area contributed by atoms with Crippen LogP contribution in [0.1, 0.15) is 13.8 Å². The van der Waals surface area contributed by atoms with Gasteiger partial charge >= 0.3 is 0 Å². The molecule has 1 aromatic rings. The molecule has 13 heavy (non-hydrogen) atoms. The molecule has 1 aromatic heterocycles. The molecule has 0 aromatic carbocycles. The van der Waals surface area contributed by atoms with Crippen molar-refractivity contribution in [3.05, 3.63) is 43.3 Å². The van der Waals surface area contributed by atoms with Gasteiger partial charge in [0.15, 0.2) is 5.78 Å². The molecule has 0 aliphatic heterocycles. The first kappa shape index (κ1) is 11.4. The molecule has 70 valence electrons. The molecule has 0 fully saturated rings. The van der Waals surface area contributed by atoms with E-state index in [1.54, 1.807) is 13.1 Å². The topological polar surface area (TPSA) is 22.0 Å². The maximum Gasteiger partial charge on any atom is 0.154 e. The van der Waals surface area contributed by atoms with Crippen LogP contribution in [-0.2, 0) is 4.79 Å². The maximum atomic E-state index is 10.0. The molecule has 0 N–H and O–H groups in total. The fourth-order valence-corrected chi connectivity index (χ4v) is 0.470. The van der Waals surface area contributed by atoms with Crippen molar-refractivity contribution in [1.29, 1.82) is 0 Å². The minimum absolute atomic E-state index is 0.0648. The normalized spacial score (nSPS) is 8.15. The Morgan fingerprint density at radius 1 is 1.31 bits per heavy atom. The van der Waals surface area contributed by atoms with E-state index in [2.05, 4.69) is 13.2 Å². The largest absolute Gasteiger partial charge is 0.331 e. The van der Waals surface area contributed by atoms with E-state index in [0.717, 1.165) is 0 Å². The summed E-state index contributed by atoms with van der Waals surface area (Å²) in [5.41, 5.74) is 0.620. The lowest BCUT2D eigenvalue weighted by Gasteiger charge is -1.82.